The standard InChI is InChI=1S/C24H27F2N11O6/c1-2-41-37-24(20-22(29)36-43-34-20)31-14-3-5-17(15(25)10-14)39-8-7-12(27)11-40-18-6-4-13(9-16(18)26)30-23(32-38)19-21(28)35-42-33-19/h3-6,9-10,12,38H,2,7-8,11,27H2,1H3,(H2,28,35)(H2,29,36)(H,30,32)(H,31,37). The van der Waals surface area contributed by atoms with Crippen LogP contribution < -0.4 is 37.6 Å². The van der Waals surface area contributed by atoms with Crippen molar-refractivity contribution < 1.29 is 37.6 Å². The van der Waals surface area contributed by atoms with Gasteiger partial charge in [0.05, 0.1) is 24.6 Å². The number of rotatable bonds is 13. The Morgan fingerprint density at radius 3 is 1.98 bits per heavy atom. The van der Waals surface area contributed by atoms with E-state index in [0.717, 1.165) is 12.1 Å². The average Bonchev–Trinajstić information content (AvgIpc) is 3.62. The molecule has 2 heterocycles. The normalized spacial score (nSPS) is 12.7. The molecule has 43 heavy (non-hydrogen) atoms. The molecule has 19 heteroatoms. The highest BCUT2D eigenvalue weighted by Crippen LogP contribution is 2.25. The van der Waals surface area contributed by atoms with Crippen LogP contribution in [-0.2, 0) is 4.84 Å². The van der Waals surface area contributed by atoms with Crippen molar-refractivity contribution in [3.63, 3.8) is 0 Å². The summed E-state index contributed by atoms with van der Waals surface area (Å²) in [5, 5.41) is 23.3. The van der Waals surface area contributed by atoms with E-state index < -0.39 is 17.7 Å². The second-order valence-corrected chi connectivity index (χ2v) is 8.50. The number of amidine groups is 2. The lowest BCUT2D eigenvalue weighted by atomic mass is 10.2. The van der Waals surface area contributed by atoms with Gasteiger partial charge in [-0.2, -0.15) is 0 Å². The lowest BCUT2D eigenvalue weighted by Gasteiger charge is -2.15. The molecule has 9 N–H and O–H groups in total. The Hall–Kier alpha value is -5.40. The maximum atomic E-state index is 14.7. The van der Waals surface area contributed by atoms with Crippen molar-refractivity contribution in [2.75, 3.05) is 31.3 Å². The molecule has 228 valence electrons. The second-order valence-electron chi connectivity index (χ2n) is 8.50. The van der Waals surface area contributed by atoms with Gasteiger partial charge >= 0.3 is 0 Å². The maximum Gasteiger partial charge on any atom is 0.199 e. The van der Waals surface area contributed by atoms with Gasteiger partial charge in [-0.3, -0.25) is 15.5 Å². The summed E-state index contributed by atoms with van der Waals surface area (Å²) < 4.78 is 49.3. The number of ether oxygens (including phenoxy) is 2. The summed E-state index contributed by atoms with van der Waals surface area (Å²) in [7, 11) is 0. The SMILES string of the molecule is CCONC(=Nc1ccc(OCCC(N)COc2ccc(N=C(NO)c3nonc3N)cc2F)c(F)c1)c1nonc1N. The predicted molar refractivity (Wildman–Crippen MR) is 146 cm³/mol. The van der Waals surface area contributed by atoms with Crippen LogP contribution in [-0.4, -0.2) is 63.4 Å². The van der Waals surface area contributed by atoms with Gasteiger partial charge in [-0.05, 0) is 58.2 Å². The molecule has 1 unspecified atom stereocenters. The number of aliphatic imine (C=N–C) groups is 2. The molecule has 2 aromatic heterocycles. The van der Waals surface area contributed by atoms with Gasteiger partial charge in [-0.1, -0.05) is 0 Å². The van der Waals surface area contributed by atoms with Crippen molar-refractivity contribution in [2.24, 2.45) is 15.7 Å². The van der Waals surface area contributed by atoms with Crippen LogP contribution in [0.1, 0.15) is 24.7 Å². The monoisotopic (exact) mass is 603 g/mol. The number of nitrogens with two attached hydrogens (primary N) is 3. The van der Waals surface area contributed by atoms with E-state index in [1.165, 1.54) is 24.3 Å². The molecule has 0 saturated heterocycles. The Labute approximate surface area is 241 Å². The van der Waals surface area contributed by atoms with Gasteiger partial charge in [0.25, 0.3) is 0 Å². The third-order valence-corrected chi connectivity index (χ3v) is 5.41. The molecule has 0 amide bonds. The molecular weight excluding hydrogens is 576 g/mol. The number of hydrogen-bond donors (Lipinski definition) is 6. The summed E-state index contributed by atoms with van der Waals surface area (Å²) >= 11 is 0. The fourth-order valence-corrected chi connectivity index (χ4v) is 3.33. The fourth-order valence-electron chi connectivity index (χ4n) is 3.33. The molecule has 0 fully saturated rings. The molecule has 0 aliphatic carbocycles. The summed E-state index contributed by atoms with van der Waals surface area (Å²) in [6.07, 6.45) is 0.267. The summed E-state index contributed by atoms with van der Waals surface area (Å²) in [5.41, 5.74) is 22.1. The molecule has 0 radical (unpaired) electrons. The van der Waals surface area contributed by atoms with Gasteiger partial charge in [0.1, 0.15) is 6.61 Å². The molecule has 0 bridgehead atoms. The van der Waals surface area contributed by atoms with Gasteiger partial charge in [0.15, 0.2) is 57.8 Å². The number of nitrogen functional groups attached to an aromatic ring is 2. The van der Waals surface area contributed by atoms with Gasteiger partial charge < -0.3 is 26.7 Å². The third kappa shape index (κ3) is 8.09. The van der Waals surface area contributed by atoms with Crippen molar-refractivity contribution in [3.05, 3.63) is 59.4 Å². The van der Waals surface area contributed by atoms with Gasteiger partial charge in [0, 0.05) is 18.2 Å². The van der Waals surface area contributed by atoms with E-state index in [1.807, 2.05) is 0 Å². The molecule has 0 spiro atoms. The van der Waals surface area contributed by atoms with Crippen molar-refractivity contribution in [1.29, 1.82) is 0 Å². The van der Waals surface area contributed by atoms with E-state index in [-0.39, 0.29) is 77.2 Å². The molecule has 17 nitrogen and oxygen atoms in total. The molecule has 4 aromatic rings. The summed E-state index contributed by atoms with van der Waals surface area (Å²) in [6.45, 7) is 2.05. The topological polar surface area (TPSA) is 253 Å². The lowest BCUT2D eigenvalue weighted by molar-refractivity contribution is 0.0970. The van der Waals surface area contributed by atoms with E-state index in [2.05, 4.69) is 45.3 Å². The number of benzene rings is 2. The molecule has 1 atom stereocenters. The number of nitrogens with one attached hydrogen (secondary N) is 2. The highest BCUT2D eigenvalue weighted by Gasteiger charge is 2.17. The van der Waals surface area contributed by atoms with Crippen molar-refractivity contribution in [3.8, 4) is 11.5 Å². The first-order valence-electron chi connectivity index (χ1n) is 12.5. The molecule has 0 aliphatic rings. The molecule has 2 aromatic carbocycles. The van der Waals surface area contributed by atoms with Crippen LogP contribution in [0.2, 0.25) is 0 Å². The summed E-state index contributed by atoms with van der Waals surface area (Å²) in [6, 6.07) is 7.30. The summed E-state index contributed by atoms with van der Waals surface area (Å²) in [4.78, 5) is 13.4. The average molecular weight is 604 g/mol. The van der Waals surface area contributed by atoms with Crippen LogP contribution in [0.5, 0.6) is 11.5 Å². The minimum absolute atomic E-state index is 0.0297. The Balaban J connectivity index is 1.29. The quantitative estimate of drug-likeness (QED) is 0.0723. The van der Waals surface area contributed by atoms with Crippen molar-refractivity contribution in [1.82, 2.24) is 31.6 Å². The number of anilines is 2. The van der Waals surface area contributed by atoms with E-state index in [0.29, 0.717) is 6.61 Å². The van der Waals surface area contributed by atoms with E-state index in [9.17, 15) is 14.0 Å². The third-order valence-electron chi connectivity index (χ3n) is 5.41. The Morgan fingerprint density at radius 1 is 0.907 bits per heavy atom. The fraction of sp³-hybridized carbons (Fsp3) is 0.250. The first kappa shape index (κ1) is 30.6. The first-order valence-corrected chi connectivity index (χ1v) is 12.5. The van der Waals surface area contributed by atoms with E-state index >= 15 is 0 Å². The predicted octanol–water partition coefficient (Wildman–Crippen LogP) is 1.75. The number of hydroxylamine groups is 2. The minimum Gasteiger partial charge on any atom is -0.490 e. The van der Waals surface area contributed by atoms with Crippen LogP contribution in [0.15, 0.2) is 55.6 Å². The van der Waals surface area contributed by atoms with Crippen LogP contribution in [0.3, 0.4) is 0 Å². The number of halogens is 2. The zero-order chi connectivity index (χ0) is 30.8. The Kier molecular flexibility index (Phi) is 10.3. The number of nitrogens with zero attached hydrogens (tertiary/aromatic N) is 6. The second kappa shape index (κ2) is 14.5. The Bertz CT molecular complexity index is 1580. The van der Waals surface area contributed by atoms with Crippen molar-refractivity contribution in [2.45, 2.75) is 19.4 Å². The molecular formula is C24H27F2N11O6. The van der Waals surface area contributed by atoms with Gasteiger partial charge in [0.2, 0.25) is 0 Å². The molecule has 0 aliphatic heterocycles. The highest BCUT2D eigenvalue weighted by molar-refractivity contribution is 6.01. The largest absolute Gasteiger partial charge is 0.490 e. The van der Waals surface area contributed by atoms with Crippen LogP contribution >= 0.6 is 0 Å². The van der Waals surface area contributed by atoms with Crippen LogP contribution in [0, 0.1) is 11.6 Å². The Morgan fingerprint density at radius 2 is 1.47 bits per heavy atom. The molecule has 4 rings (SSSR count). The highest BCUT2D eigenvalue weighted by atomic mass is 19.1. The smallest absolute Gasteiger partial charge is 0.199 e. The van der Waals surface area contributed by atoms with Crippen LogP contribution in [0.25, 0.3) is 0 Å². The molecule has 0 saturated carbocycles. The first-order chi connectivity index (χ1) is 20.8. The number of aromatic nitrogens is 4. The zero-order valence-corrected chi connectivity index (χ0v) is 22.5. The van der Waals surface area contributed by atoms with Crippen molar-refractivity contribution >= 4 is 34.7 Å². The van der Waals surface area contributed by atoms with E-state index in [1.54, 1.807) is 12.4 Å². The van der Waals surface area contributed by atoms with Gasteiger partial charge in [-0.25, -0.2) is 33.5 Å². The minimum atomic E-state index is -0.736. The van der Waals surface area contributed by atoms with Crippen LogP contribution in [0.4, 0.5) is 31.8 Å². The van der Waals surface area contributed by atoms with E-state index in [4.69, 9.17) is 31.5 Å². The zero-order valence-electron chi connectivity index (χ0n) is 22.5. The maximum absolute atomic E-state index is 14.7. The summed E-state index contributed by atoms with van der Waals surface area (Å²) in [5.74, 6) is -1.82. The lowest BCUT2D eigenvalue weighted by Crippen LogP contribution is -2.30. The van der Waals surface area contributed by atoms with Gasteiger partial charge in [-0.15, -0.1) is 0 Å². The number of hydrogen-bond acceptors (Lipinski definition) is 15.